The highest BCUT2D eigenvalue weighted by atomic mass is 16.2. The summed E-state index contributed by atoms with van der Waals surface area (Å²) >= 11 is 0. The molecule has 2 aliphatic rings. The Bertz CT molecular complexity index is 364. The van der Waals surface area contributed by atoms with Gasteiger partial charge in [-0.3, -0.25) is 14.5 Å². The van der Waals surface area contributed by atoms with Crippen LogP contribution in [0.2, 0.25) is 0 Å². The van der Waals surface area contributed by atoms with Crippen molar-refractivity contribution in [1.29, 1.82) is 0 Å². The van der Waals surface area contributed by atoms with E-state index in [1.165, 1.54) is 0 Å². The maximum absolute atomic E-state index is 12.4. The van der Waals surface area contributed by atoms with Crippen LogP contribution in [0.15, 0.2) is 0 Å². The molecule has 0 aromatic rings. The van der Waals surface area contributed by atoms with Gasteiger partial charge in [0.1, 0.15) is 0 Å². The Kier molecular flexibility index (Phi) is 4.99. The molecule has 2 fully saturated rings. The van der Waals surface area contributed by atoms with Crippen molar-refractivity contribution in [3.63, 3.8) is 0 Å². The summed E-state index contributed by atoms with van der Waals surface area (Å²) in [5, 5.41) is 3.30. The molecule has 0 aliphatic carbocycles. The molecule has 2 unspecified atom stereocenters. The van der Waals surface area contributed by atoms with Crippen molar-refractivity contribution in [2.45, 2.75) is 19.4 Å². The molecule has 1 N–H and O–H groups in total. The summed E-state index contributed by atoms with van der Waals surface area (Å²) in [7, 11) is 3.55. The highest BCUT2D eigenvalue weighted by Gasteiger charge is 2.33. The molecule has 114 valence electrons. The van der Waals surface area contributed by atoms with Crippen LogP contribution in [0.3, 0.4) is 0 Å². The number of hydrogen-bond donors (Lipinski definition) is 1. The first-order chi connectivity index (χ1) is 9.49. The van der Waals surface area contributed by atoms with Gasteiger partial charge in [0.15, 0.2) is 0 Å². The fourth-order valence-corrected chi connectivity index (χ4v) is 2.82. The predicted octanol–water partition coefficient (Wildman–Crippen LogP) is -0.783. The Morgan fingerprint density at radius 3 is 2.35 bits per heavy atom. The summed E-state index contributed by atoms with van der Waals surface area (Å²) < 4.78 is 0. The Hall–Kier alpha value is -1.14. The summed E-state index contributed by atoms with van der Waals surface area (Å²) in [5.41, 5.74) is 0. The summed E-state index contributed by atoms with van der Waals surface area (Å²) in [6.45, 7) is 6.55. The minimum absolute atomic E-state index is 0.00930. The second-order valence-corrected chi connectivity index (χ2v) is 6.09. The van der Waals surface area contributed by atoms with E-state index in [4.69, 9.17) is 0 Å². The normalized spacial score (nSPS) is 27.6. The molecule has 0 aromatic heterocycles. The van der Waals surface area contributed by atoms with E-state index in [0.29, 0.717) is 12.5 Å². The van der Waals surface area contributed by atoms with E-state index in [1.54, 1.807) is 19.0 Å². The molecule has 2 atom stereocenters. The molecule has 20 heavy (non-hydrogen) atoms. The van der Waals surface area contributed by atoms with Crippen LogP contribution in [0.1, 0.15) is 13.3 Å². The number of rotatable bonds is 3. The lowest BCUT2D eigenvalue weighted by Gasteiger charge is -2.36. The molecule has 2 amide bonds. The lowest BCUT2D eigenvalue weighted by atomic mass is 10.0. The monoisotopic (exact) mass is 282 g/mol. The number of hydrogen-bond acceptors (Lipinski definition) is 4. The van der Waals surface area contributed by atoms with Crippen molar-refractivity contribution in [1.82, 2.24) is 20.0 Å². The Labute approximate surface area is 121 Å². The third-order valence-electron chi connectivity index (χ3n) is 4.34. The zero-order valence-electron chi connectivity index (χ0n) is 12.8. The average Bonchev–Trinajstić information content (AvgIpc) is 2.85. The molecule has 2 rings (SSSR count). The minimum Gasteiger partial charge on any atom is -0.348 e. The molecule has 0 aromatic carbocycles. The van der Waals surface area contributed by atoms with Crippen LogP contribution < -0.4 is 5.32 Å². The van der Waals surface area contributed by atoms with Gasteiger partial charge in [0.05, 0.1) is 12.6 Å². The number of amides is 2. The Morgan fingerprint density at radius 2 is 1.85 bits per heavy atom. The summed E-state index contributed by atoms with van der Waals surface area (Å²) in [5.74, 6) is 0.778. The first kappa shape index (κ1) is 15.3. The van der Waals surface area contributed by atoms with Crippen LogP contribution in [-0.2, 0) is 9.59 Å². The van der Waals surface area contributed by atoms with Crippen molar-refractivity contribution >= 4 is 11.8 Å². The standard InChI is InChI=1S/C14H26N4O2/c1-11-4-5-15-13(11)14(20)18-8-6-17(7-9-18)10-12(19)16(2)3/h11,13,15H,4-10H2,1-3H3. The Balaban J connectivity index is 1.79. The topological polar surface area (TPSA) is 55.9 Å². The van der Waals surface area contributed by atoms with Crippen molar-refractivity contribution in [2.24, 2.45) is 5.92 Å². The fourth-order valence-electron chi connectivity index (χ4n) is 2.82. The molecule has 0 spiro atoms. The smallest absolute Gasteiger partial charge is 0.240 e. The lowest BCUT2D eigenvalue weighted by Crippen LogP contribution is -2.55. The van der Waals surface area contributed by atoms with E-state index in [0.717, 1.165) is 39.1 Å². The summed E-state index contributed by atoms with van der Waals surface area (Å²) in [6, 6.07) is -0.00930. The van der Waals surface area contributed by atoms with Crippen molar-refractivity contribution in [2.75, 3.05) is 53.4 Å². The number of carbonyl (C=O) groups is 2. The molecule has 2 saturated heterocycles. The van der Waals surface area contributed by atoms with Gasteiger partial charge in [-0.1, -0.05) is 6.92 Å². The maximum atomic E-state index is 12.4. The van der Waals surface area contributed by atoms with Crippen LogP contribution in [0, 0.1) is 5.92 Å². The number of piperazine rings is 1. The third kappa shape index (κ3) is 3.49. The van der Waals surface area contributed by atoms with Crippen molar-refractivity contribution in [3.05, 3.63) is 0 Å². The van der Waals surface area contributed by atoms with Gasteiger partial charge < -0.3 is 15.1 Å². The van der Waals surface area contributed by atoms with Crippen LogP contribution in [0.5, 0.6) is 0 Å². The van der Waals surface area contributed by atoms with E-state index in [2.05, 4.69) is 17.1 Å². The molecule has 0 radical (unpaired) electrons. The van der Waals surface area contributed by atoms with Gasteiger partial charge in [-0.2, -0.15) is 0 Å². The second-order valence-electron chi connectivity index (χ2n) is 6.09. The highest BCUT2D eigenvalue weighted by molar-refractivity contribution is 5.82. The van der Waals surface area contributed by atoms with E-state index in [-0.39, 0.29) is 17.9 Å². The van der Waals surface area contributed by atoms with Gasteiger partial charge in [-0.05, 0) is 18.9 Å². The molecular formula is C14H26N4O2. The second kappa shape index (κ2) is 6.54. The van der Waals surface area contributed by atoms with Crippen LogP contribution >= 0.6 is 0 Å². The first-order valence-electron chi connectivity index (χ1n) is 7.43. The van der Waals surface area contributed by atoms with Gasteiger partial charge in [-0.25, -0.2) is 0 Å². The van der Waals surface area contributed by atoms with E-state index in [9.17, 15) is 9.59 Å². The van der Waals surface area contributed by atoms with Gasteiger partial charge in [0, 0.05) is 40.3 Å². The highest BCUT2D eigenvalue weighted by Crippen LogP contribution is 2.17. The molecule has 6 nitrogen and oxygen atoms in total. The largest absolute Gasteiger partial charge is 0.348 e. The minimum atomic E-state index is -0.00930. The zero-order valence-corrected chi connectivity index (χ0v) is 12.8. The first-order valence-corrected chi connectivity index (χ1v) is 7.43. The SMILES string of the molecule is CC1CCNC1C(=O)N1CCN(CC(=O)N(C)C)CC1. The number of nitrogens with zero attached hydrogens (tertiary/aromatic N) is 3. The molecular weight excluding hydrogens is 256 g/mol. The quantitative estimate of drug-likeness (QED) is 0.737. The predicted molar refractivity (Wildman–Crippen MR) is 77.3 cm³/mol. The van der Waals surface area contributed by atoms with Gasteiger partial charge in [0.2, 0.25) is 11.8 Å². The molecule has 6 heteroatoms. The maximum Gasteiger partial charge on any atom is 0.240 e. The van der Waals surface area contributed by atoms with Gasteiger partial charge in [-0.15, -0.1) is 0 Å². The van der Waals surface area contributed by atoms with E-state index < -0.39 is 0 Å². The number of likely N-dealkylation sites (N-methyl/N-ethyl adjacent to an activating group) is 1. The van der Waals surface area contributed by atoms with Crippen LogP contribution in [0.25, 0.3) is 0 Å². The fraction of sp³-hybridized carbons (Fsp3) is 0.857. The van der Waals surface area contributed by atoms with Crippen molar-refractivity contribution < 1.29 is 9.59 Å². The number of nitrogens with one attached hydrogen (secondary N) is 1. The average molecular weight is 282 g/mol. The van der Waals surface area contributed by atoms with Crippen LogP contribution in [0.4, 0.5) is 0 Å². The van der Waals surface area contributed by atoms with E-state index in [1.807, 2.05) is 4.90 Å². The van der Waals surface area contributed by atoms with Crippen LogP contribution in [-0.4, -0.2) is 85.9 Å². The molecule has 0 bridgehead atoms. The summed E-state index contributed by atoms with van der Waals surface area (Å²) in [6.07, 6.45) is 1.08. The van der Waals surface area contributed by atoms with E-state index >= 15 is 0 Å². The lowest BCUT2D eigenvalue weighted by molar-refractivity contribution is -0.136. The van der Waals surface area contributed by atoms with Crippen molar-refractivity contribution in [3.8, 4) is 0 Å². The summed E-state index contributed by atoms with van der Waals surface area (Å²) in [4.78, 5) is 29.8. The molecule has 2 heterocycles. The zero-order chi connectivity index (χ0) is 14.7. The molecule has 0 saturated carbocycles. The number of carbonyl (C=O) groups excluding carboxylic acids is 2. The molecule has 2 aliphatic heterocycles. The third-order valence-corrected chi connectivity index (χ3v) is 4.34. The van der Waals surface area contributed by atoms with Gasteiger partial charge >= 0.3 is 0 Å². The van der Waals surface area contributed by atoms with Gasteiger partial charge in [0.25, 0.3) is 0 Å². The Morgan fingerprint density at radius 1 is 1.20 bits per heavy atom.